The molecule has 0 fully saturated rings. The Hall–Kier alpha value is -4.01. The smallest absolute Gasteiger partial charge is 0.337 e. The molecule has 0 heterocycles. The SMILES string of the molecule is COC(=O)c1ccc(NC(=O)COC(=O)C=Cc2cc(OC)c(OC)c(OC)c2)cc1. The quantitative estimate of drug-likeness (QED) is 0.479. The number of amides is 1. The molecule has 0 spiro atoms. The Morgan fingerprint density at radius 2 is 1.52 bits per heavy atom. The summed E-state index contributed by atoms with van der Waals surface area (Å²) in [5, 5.41) is 2.56. The van der Waals surface area contributed by atoms with Gasteiger partial charge in [0.05, 0.1) is 34.0 Å². The Morgan fingerprint density at radius 3 is 2.03 bits per heavy atom. The van der Waals surface area contributed by atoms with Gasteiger partial charge >= 0.3 is 11.9 Å². The molecule has 1 amide bonds. The topological polar surface area (TPSA) is 109 Å². The highest BCUT2D eigenvalue weighted by molar-refractivity contribution is 5.95. The molecule has 0 saturated heterocycles. The zero-order valence-corrected chi connectivity index (χ0v) is 17.6. The summed E-state index contributed by atoms with van der Waals surface area (Å²) in [4.78, 5) is 35.3. The lowest BCUT2D eigenvalue weighted by molar-refractivity contribution is -0.142. The molecule has 164 valence electrons. The summed E-state index contributed by atoms with van der Waals surface area (Å²) < 4.78 is 25.3. The van der Waals surface area contributed by atoms with Gasteiger partial charge in [-0.3, -0.25) is 4.79 Å². The van der Waals surface area contributed by atoms with Crippen molar-refractivity contribution in [3.05, 3.63) is 53.6 Å². The van der Waals surface area contributed by atoms with Gasteiger partial charge in [-0.25, -0.2) is 9.59 Å². The second kappa shape index (κ2) is 11.2. The fraction of sp³-hybridized carbons (Fsp3) is 0.227. The number of hydrogen-bond acceptors (Lipinski definition) is 8. The van der Waals surface area contributed by atoms with Gasteiger partial charge < -0.3 is 29.0 Å². The molecule has 2 aromatic carbocycles. The fourth-order valence-electron chi connectivity index (χ4n) is 2.55. The first-order valence-electron chi connectivity index (χ1n) is 9.04. The van der Waals surface area contributed by atoms with Gasteiger partial charge in [-0.2, -0.15) is 0 Å². The van der Waals surface area contributed by atoms with E-state index in [1.54, 1.807) is 12.1 Å². The van der Waals surface area contributed by atoms with Crippen LogP contribution in [0.5, 0.6) is 17.2 Å². The maximum absolute atomic E-state index is 12.0. The summed E-state index contributed by atoms with van der Waals surface area (Å²) in [5.74, 6) is -0.406. The fourth-order valence-corrected chi connectivity index (χ4v) is 2.55. The third-order valence-corrected chi connectivity index (χ3v) is 4.03. The van der Waals surface area contributed by atoms with Crippen LogP contribution in [0.25, 0.3) is 6.08 Å². The first-order valence-corrected chi connectivity index (χ1v) is 9.04. The summed E-state index contributed by atoms with van der Waals surface area (Å²) in [6, 6.07) is 9.42. The molecule has 31 heavy (non-hydrogen) atoms. The van der Waals surface area contributed by atoms with Crippen LogP contribution < -0.4 is 19.5 Å². The van der Waals surface area contributed by atoms with Crippen LogP contribution in [0.1, 0.15) is 15.9 Å². The lowest BCUT2D eigenvalue weighted by Gasteiger charge is -2.12. The minimum Gasteiger partial charge on any atom is -0.493 e. The molecule has 0 aliphatic rings. The van der Waals surface area contributed by atoms with Crippen LogP contribution in [0, 0.1) is 0 Å². The van der Waals surface area contributed by atoms with Gasteiger partial charge in [0.25, 0.3) is 5.91 Å². The second-order valence-electron chi connectivity index (χ2n) is 6.02. The van der Waals surface area contributed by atoms with Gasteiger partial charge in [-0.05, 0) is 48.0 Å². The largest absolute Gasteiger partial charge is 0.493 e. The Bertz CT molecular complexity index is 941. The van der Waals surface area contributed by atoms with Gasteiger partial charge in [0, 0.05) is 11.8 Å². The standard InChI is InChI=1S/C22H23NO8/c1-27-17-11-14(12-18(28-2)21(17)29-3)5-10-20(25)31-13-19(24)23-16-8-6-15(7-9-16)22(26)30-4/h5-12H,13H2,1-4H3,(H,23,24). The van der Waals surface area contributed by atoms with Crippen molar-refractivity contribution in [1.82, 2.24) is 0 Å². The first kappa shape index (κ1) is 23.3. The molecule has 9 nitrogen and oxygen atoms in total. The highest BCUT2D eigenvalue weighted by Gasteiger charge is 2.12. The number of nitrogens with one attached hydrogen (secondary N) is 1. The van der Waals surface area contributed by atoms with Crippen LogP contribution in [0.15, 0.2) is 42.5 Å². The van der Waals surface area contributed by atoms with Crippen LogP contribution in [0.3, 0.4) is 0 Å². The van der Waals surface area contributed by atoms with Crippen molar-refractivity contribution in [3.8, 4) is 17.2 Å². The average Bonchev–Trinajstić information content (AvgIpc) is 2.80. The molecule has 0 aliphatic carbocycles. The van der Waals surface area contributed by atoms with Gasteiger partial charge in [0.2, 0.25) is 5.75 Å². The number of methoxy groups -OCH3 is 4. The van der Waals surface area contributed by atoms with Crippen molar-refractivity contribution < 1.29 is 38.1 Å². The van der Waals surface area contributed by atoms with E-state index in [1.165, 1.54) is 64.9 Å². The zero-order valence-electron chi connectivity index (χ0n) is 17.6. The van der Waals surface area contributed by atoms with Crippen LogP contribution >= 0.6 is 0 Å². The van der Waals surface area contributed by atoms with E-state index in [-0.39, 0.29) is 0 Å². The van der Waals surface area contributed by atoms with Crippen molar-refractivity contribution >= 4 is 29.6 Å². The summed E-state index contributed by atoms with van der Waals surface area (Å²) in [6.45, 7) is -0.475. The number of hydrogen-bond donors (Lipinski definition) is 1. The maximum Gasteiger partial charge on any atom is 0.337 e. The maximum atomic E-state index is 12.0. The third-order valence-electron chi connectivity index (χ3n) is 4.03. The van der Waals surface area contributed by atoms with Gasteiger partial charge in [0.15, 0.2) is 18.1 Å². The number of ether oxygens (including phenoxy) is 5. The van der Waals surface area contributed by atoms with Crippen LogP contribution in [0.4, 0.5) is 5.69 Å². The molecule has 0 bridgehead atoms. The zero-order chi connectivity index (χ0) is 22.8. The molecule has 2 rings (SSSR count). The first-order chi connectivity index (χ1) is 14.9. The molecular formula is C22H23NO8. The van der Waals surface area contributed by atoms with Gasteiger partial charge in [0.1, 0.15) is 0 Å². The Balaban J connectivity index is 1.92. The summed E-state index contributed by atoms with van der Waals surface area (Å²) in [5.41, 5.74) is 1.41. The normalized spacial score (nSPS) is 10.3. The molecule has 1 N–H and O–H groups in total. The number of anilines is 1. The van der Waals surface area contributed by atoms with Gasteiger partial charge in [-0.1, -0.05) is 0 Å². The van der Waals surface area contributed by atoms with Crippen molar-refractivity contribution in [2.24, 2.45) is 0 Å². The Labute approximate surface area is 179 Å². The molecule has 2 aromatic rings. The highest BCUT2D eigenvalue weighted by Crippen LogP contribution is 2.38. The number of esters is 2. The van der Waals surface area contributed by atoms with E-state index in [4.69, 9.17) is 18.9 Å². The Kier molecular flexibility index (Phi) is 8.44. The molecule has 0 aliphatic heterocycles. The van der Waals surface area contributed by atoms with Crippen molar-refractivity contribution in [1.29, 1.82) is 0 Å². The Morgan fingerprint density at radius 1 is 0.903 bits per heavy atom. The lowest BCUT2D eigenvalue weighted by atomic mass is 10.1. The number of rotatable bonds is 9. The number of carbonyl (C=O) groups excluding carboxylic acids is 3. The van der Waals surface area contributed by atoms with Crippen molar-refractivity contribution in [2.75, 3.05) is 40.4 Å². The second-order valence-corrected chi connectivity index (χ2v) is 6.02. The molecule has 9 heteroatoms. The highest BCUT2D eigenvalue weighted by atomic mass is 16.5. The van der Waals surface area contributed by atoms with Crippen molar-refractivity contribution in [3.63, 3.8) is 0 Å². The summed E-state index contributed by atoms with van der Waals surface area (Å²) >= 11 is 0. The molecular weight excluding hydrogens is 406 g/mol. The predicted octanol–water partition coefficient (Wildman–Crippen LogP) is 2.69. The van der Waals surface area contributed by atoms with E-state index in [1.807, 2.05) is 0 Å². The minimum absolute atomic E-state index is 0.351. The van der Waals surface area contributed by atoms with Gasteiger partial charge in [-0.15, -0.1) is 0 Å². The summed E-state index contributed by atoms with van der Waals surface area (Å²) in [7, 11) is 5.75. The number of carbonyl (C=O) groups is 3. The number of benzene rings is 2. The molecule has 0 unspecified atom stereocenters. The van der Waals surface area contributed by atoms with E-state index in [0.29, 0.717) is 34.1 Å². The van der Waals surface area contributed by atoms with E-state index >= 15 is 0 Å². The van der Waals surface area contributed by atoms with Crippen LogP contribution in [-0.2, 0) is 19.1 Å². The van der Waals surface area contributed by atoms with Crippen LogP contribution in [0.2, 0.25) is 0 Å². The van der Waals surface area contributed by atoms with E-state index in [2.05, 4.69) is 10.1 Å². The lowest BCUT2D eigenvalue weighted by Crippen LogP contribution is -2.20. The third kappa shape index (κ3) is 6.49. The minimum atomic E-state index is -0.704. The molecule has 0 radical (unpaired) electrons. The van der Waals surface area contributed by atoms with E-state index in [0.717, 1.165) is 0 Å². The molecule has 0 atom stereocenters. The van der Waals surface area contributed by atoms with Crippen molar-refractivity contribution in [2.45, 2.75) is 0 Å². The summed E-state index contributed by atoms with van der Waals surface area (Å²) in [6.07, 6.45) is 2.68. The van der Waals surface area contributed by atoms with Crippen LogP contribution in [-0.4, -0.2) is 52.9 Å². The molecule has 0 aromatic heterocycles. The van der Waals surface area contributed by atoms with E-state index in [9.17, 15) is 14.4 Å². The monoisotopic (exact) mass is 429 g/mol. The van der Waals surface area contributed by atoms with E-state index < -0.39 is 24.5 Å². The molecule has 0 saturated carbocycles. The predicted molar refractivity (Wildman–Crippen MR) is 113 cm³/mol. The average molecular weight is 429 g/mol.